The molecule has 15 heavy (non-hydrogen) atoms. The molecule has 0 saturated heterocycles. The first-order valence-corrected chi connectivity index (χ1v) is 4.60. The molecule has 1 aliphatic carbocycles. The fraction of sp³-hybridized carbons (Fsp3) is 0.750. The summed E-state index contributed by atoms with van der Waals surface area (Å²) in [6, 6.07) is 0. The first-order chi connectivity index (χ1) is 7.04. The van der Waals surface area contributed by atoms with Crippen LogP contribution in [0, 0.1) is 0 Å². The van der Waals surface area contributed by atoms with Gasteiger partial charge in [0.05, 0.1) is 0 Å². The van der Waals surface area contributed by atoms with Gasteiger partial charge in [0, 0.05) is 5.92 Å². The lowest BCUT2D eigenvalue weighted by Crippen LogP contribution is -2.17. The second-order valence-electron chi connectivity index (χ2n) is 3.52. The van der Waals surface area contributed by atoms with Crippen LogP contribution in [0.25, 0.3) is 0 Å². The smallest absolute Gasteiger partial charge is 0.364 e. The molecular formula is C8H10F3N3O. The average molecular weight is 221 g/mol. The minimum Gasteiger partial charge on any atom is -0.364 e. The molecule has 1 aromatic rings. The summed E-state index contributed by atoms with van der Waals surface area (Å²) in [6.45, 7) is -1.44. The van der Waals surface area contributed by atoms with Gasteiger partial charge in [-0.15, -0.1) is 0 Å². The van der Waals surface area contributed by atoms with Crippen LogP contribution in [-0.2, 0) is 11.3 Å². The fourth-order valence-electron chi connectivity index (χ4n) is 1.16. The van der Waals surface area contributed by atoms with Crippen molar-refractivity contribution in [3.63, 3.8) is 0 Å². The third-order valence-electron chi connectivity index (χ3n) is 2.00. The van der Waals surface area contributed by atoms with Crippen molar-refractivity contribution in [2.45, 2.75) is 31.5 Å². The number of aromatic nitrogens is 3. The summed E-state index contributed by atoms with van der Waals surface area (Å²) in [6.07, 6.45) is -2.18. The average Bonchev–Trinajstić information content (AvgIpc) is 2.86. The van der Waals surface area contributed by atoms with Crippen LogP contribution in [0.1, 0.15) is 30.4 Å². The number of alkyl halides is 3. The summed E-state index contributed by atoms with van der Waals surface area (Å²) < 4.78 is 39.6. The van der Waals surface area contributed by atoms with Gasteiger partial charge in [-0.3, -0.25) is 5.10 Å². The van der Waals surface area contributed by atoms with E-state index in [1.165, 1.54) is 0 Å². The minimum atomic E-state index is -4.29. The number of hydrogen-bond acceptors (Lipinski definition) is 3. The number of aromatic amines is 1. The van der Waals surface area contributed by atoms with E-state index in [2.05, 4.69) is 19.9 Å². The third kappa shape index (κ3) is 3.19. The second kappa shape index (κ2) is 3.80. The predicted octanol–water partition coefficient (Wildman–Crippen LogP) is 1.76. The Morgan fingerprint density at radius 3 is 2.73 bits per heavy atom. The van der Waals surface area contributed by atoms with E-state index in [1.54, 1.807) is 0 Å². The van der Waals surface area contributed by atoms with Crippen molar-refractivity contribution in [1.82, 2.24) is 15.2 Å². The maximum absolute atomic E-state index is 11.7. The lowest BCUT2D eigenvalue weighted by Gasteiger charge is -2.05. The fourth-order valence-corrected chi connectivity index (χ4v) is 1.16. The first-order valence-electron chi connectivity index (χ1n) is 4.60. The van der Waals surface area contributed by atoms with Crippen LogP contribution in [0.5, 0.6) is 0 Å². The molecule has 1 N–H and O–H groups in total. The molecule has 0 bridgehead atoms. The van der Waals surface area contributed by atoms with Crippen molar-refractivity contribution in [2.24, 2.45) is 0 Å². The molecule has 0 aliphatic heterocycles. The van der Waals surface area contributed by atoms with Crippen LogP contribution in [0.3, 0.4) is 0 Å². The molecule has 7 heteroatoms. The van der Waals surface area contributed by atoms with Gasteiger partial charge in [-0.05, 0) is 12.8 Å². The molecular weight excluding hydrogens is 211 g/mol. The maximum Gasteiger partial charge on any atom is 0.411 e. The topological polar surface area (TPSA) is 50.8 Å². The van der Waals surface area contributed by atoms with E-state index in [-0.39, 0.29) is 6.61 Å². The van der Waals surface area contributed by atoms with Gasteiger partial charge >= 0.3 is 6.18 Å². The Morgan fingerprint density at radius 2 is 2.13 bits per heavy atom. The molecule has 1 aromatic heterocycles. The number of ether oxygens (including phenoxy) is 1. The number of rotatable bonds is 4. The van der Waals surface area contributed by atoms with Crippen LogP contribution >= 0.6 is 0 Å². The van der Waals surface area contributed by atoms with Gasteiger partial charge in [0.1, 0.15) is 13.2 Å². The quantitative estimate of drug-likeness (QED) is 0.842. The molecule has 2 rings (SSSR count). The van der Waals surface area contributed by atoms with E-state index in [4.69, 9.17) is 0 Å². The second-order valence-corrected chi connectivity index (χ2v) is 3.52. The molecule has 1 heterocycles. The van der Waals surface area contributed by atoms with Gasteiger partial charge < -0.3 is 4.74 Å². The van der Waals surface area contributed by atoms with Crippen LogP contribution < -0.4 is 0 Å². The minimum absolute atomic E-state index is 0.181. The molecule has 0 radical (unpaired) electrons. The number of halogens is 3. The molecule has 0 amide bonds. The number of H-pyrrole nitrogens is 1. The summed E-state index contributed by atoms with van der Waals surface area (Å²) >= 11 is 0. The van der Waals surface area contributed by atoms with E-state index >= 15 is 0 Å². The van der Waals surface area contributed by atoms with Crippen LogP contribution in [-0.4, -0.2) is 28.0 Å². The SMILES string of the molecule is FC(F)(F)COCc1nc(C2CC2)n[nH]1. The molecule has 4 nitrogen and oxygen atoms in total. The summed E-state index contributed by atoms with van der Waals surface area (Å²) in [4.78, 5) is 4.03. The van der Waals surface area contributed by atoms with E-state index in [0.717, 1.165) is 12.8 Å². The Morgan fingerprint density at radius 1 is 1.40 bits per heavy atom. The van der Waals surface area contributed by atoms with E-state index in [1.807, 2.05) is 0 Å². The predicted molar refractivity (Wildman–Crippen MR) is 44.1 cm³/mol. The Labute approximate surface area is 83.8 Å². The summed E-state index contributed by atoms with van der Waals surface area (Å²) in [5, 5.41) is 6.46. The van der Waals surface area contributed by atoms with Crippen molar-refractivity contribution in [2.75, 3.05) is 6.61 Å². The summed E-state index contributed by atoms with van der Waals surface area (Å²) in [7, 11) is 0. The van der Waals surface area contributed by atoms with Gasteiger partial charge in [-0.1, -0.05) is 0 Å². The first kappa shape index (κ1) is 10.4. The third-order valence-corrected chi connectivity index (χ3v) is 2.00. The van der Waals surface area contributed by atoms with Crippen LogP contribution in [0.2, 0.25) is 0 Å². The maximum atomic E-state index is 11.7. The molecule has 84 valence electrons. The van der Waals surface area contributed by atoms with Gasteiger partial charge in [0.25, 0.3) is 0 Å². The zero-order chi connectivity index (χ0) is 10.9. The molecule has 0 unspecified atom stereocenters. The molecule has 1 fully saturated rings. The van der Waals surface area contributed by atoms with E-state index in [9.17, 15) is 13.2 Å². The summed E-state index contributed by atoms with van der Waals surface area (Å²) in [5.41, 5.74) is 0. The Kier molecular flexibility index (Phi) is 2.64. The van der Waals surface area contributed by atoms with Crippen molar-refractivity contribution < 1.29 is 17.9 Å². The van der Waals surface area contributed by atoms with Crippen LogP contribution in [0.15, 0.2) is 0 Å². The lowest BCUT2D eigenvalue weighted by atomic mass is 10.4. The normalized spacial score (nSPS) is 17.0. The molecule has 1 aliphatic rings. The van der Waals surface area contributed by atoms with Crippen molar-refractivity contribution in [3.8, 4) is 0 Å². The Bertz CT molecular complexity index is 332. The highest BCUT2D eigenvalue weighted by Crippen LogP contribution is 2.37. The number of hydrogen-bond donors (Lipinski definition) is 1. The zero-order valence-electron chi connectivity index (χ0n) is 7.84. The highest BCUT2D eigenvalue weighted by molar-refractivity contribution is 5.04. The Balaban J connectivity index is 1.78. The van der Waals surface area contributed by atoms with Crippen LogP contribution in [0.4, 0.5) is 13.2 Å². The number of nitrogens with zero attached hydrogens (tertiary/aromatic N) is 2. The van der Waals surface area contributed by atoms with E-state index in [0.29, 0.717) is 17.6 Å². The van der Waals surface area contributed by atoms with Crippen molar-refractivity contribution in [1.29, 1.82) is 0 Å². The number of nitrogens with one attached hydrogen (secondary N) is 1. The molecule has 0 atom stereocenters. The molecule has 0 spiro atoms. The van der Waals surface area contributed by atoms with Crippen molar-refractivity contribution >= 4 is 0 Å². The van der Waals surface area contributed by atoms with Crippen molar-refractivity contribution in [3.05, 3.63) is 11.6 Å². The van der Waals surface area contributed by atoms with Gasteiger partial charge in [0.15, 0.2) is 11.6 Å². The van der Waals surface area contributed by atoms with Gasteiger partial charge in [-0.25, -0.2) is 4.98 Å². The van der Waals surface area contributed by atoms with Gasteiger partial charge in [0.2, 0.25) is 0 Å². The largest absolute Gasteiger partial charge is 0.411 e. The lowest BCUT2D eigenvalue weighted by molar-refractivity contribution is -0.177. The van der Waals surface area contributed by atoms with E-state index < -0.39 is 12.8 Å². The Hall–Kier alpha value is -1.11. The zero-order valence-corrected chi connectivity index (χ0v) is 7.84. The monoisotopic (exact) mass is 221 g/mol. The highest BCUT2D eigenvalue weighted by atomic mass is 19.4. The molecule has 0 aromatic carbocycles. The highest BCUT2D eigenvalue weighted by Gasteiger charge is 2.29. The standard InChI is InChI=1S/C8H10F3N3O/c9-8(10,11)4-15-3-6-12-7(14-13-6)5-1-2-5/h5H,1-4H2,(H,12,13,14). The molecule has 1 saturated carbocycles. The van der Waals surface area contributed by atoms with Gasteiger partial charge in [-0.2, -0.15) is 18.3 Å². The summed E-state index contributed by atoms with van der Waals surface area (Å²) in [5.74, 6) is 1.42.